The largest absolute Gasteiger partial charge is 0.434 e. The number of nitrogens with zero attached hydrogens (tertiary/aromatic N) is 2. The number of carbonyl (C=O) groups excluding carboxylic acids is 1. The van der Waals surface area contributed by atoms with Crippen LogP contribution in [0.3, 0.4) is 0 Å². The third-order valence-electron chi connectivity index (χ3n) is 2.67. The van der Waals surface area contributed by atoms with Gasteiger partial charge in [0.05, 0.1) is 15.7 Å². The molecule has 0 radical (unpaired) electrons. The fourth-order valence-electron chi connectivity index (χ4n) is 1.74. The van der Waals surface area contributed by atoms with Gasteiger partial charge in [-0.15, -0.1) is 0 Å². The SMILES string of the molecule is Cn1nc(C(=O)Nc2c(Cl)cccc2Cl)c(Cl)c1C(F)(F)F. The van der Waals surface area contributed by atoms with Gasteiger partial charge in [0.15, 0.2) is 11.4 Å². The summed E-state index contributed by atoms with van der Waals surface area (Å²) in [6, 6.07) is 4.48. The molecule has 0 aliphatic heterocycles. The number of carbonyl (C=O) groups is 1. The summed E-state index contributed by atoms with van der Waals surface area (Å²) < 4.78 is 39.0. The highest BCUT2D eigenvalue weighted by Gasteiger charge is 2.40. The summed E-state index contributed by atoms with van der Waals surface area (Å²) in [4.78, 5) is 12.1. The van der Waals surface area contributed by atoms with E-state index in [1.807, 2.05) is 0 Å². The molecular weight excluding hydrogens is 366 g/mol. The van der Waals surface area contributed by atoms with Crippen molar-refractivity contribution >= 4 is 46.4 Å². The Labute approximate surface area is 137 Å². The summed E-state index contributed by atoms with van der Waals surface area (Å²) in [5.41, 5.74) is -1.73. The van der Waals surface area contributed by atoms with Crippen LogP contribution < -0.4 is 5.32 Å². The molecule has 1 N–H and O–H groups in total. The maximum Gasteiger partial charge on any atom is 0.434 e. The average Bonchev–Trinajstić information content (AvgIpc) is 2.69. The molecule has 2 rings (SSSR count). The lowest BCUT2D eigenvalue weighted by Crippen LogP contribution is -2.14. The van der Waals surface area contributed by atoms with Crippen LogP contribution in [0.5, 0.6) is 0 Å². The summed E-state index contributed by atoms with van der Waals surface area (Å²) >= 11 is 17.4. The van der Waals surface area contributed by atoms with Gasteiger partial charge in [-0.05, 0) is 12.1 Å². The zero-order valence-electron chi connectivity index (χ0n) is 10.8. The van der Waals surface area contributed by atoms with Crippen molar-refractivity contribution in [2.75, 3.05) is 5.32 Å². The van der Waals surface area contributed by atoms with Gasteiger partial charge in [0.25, 0.3) is 5.91 Å². The number of para-hydroxylation sites is 1. The summed E-state index contributed by atoms with van der Waals surface area (Å²) in [6.45, 7) is 0. The van der Waals surface area contributed by atoms with Crippen molar-refractivity contribution in [3.8, 4) is 0 Å². The van der Waals surface area contributed by atoms with Crippen molar-refractivity contribution in [3.63, 3.8) is 0 Å². The van der Waals surface area contributed by atoms with Crippen molar-refractivity contribution < 1.29 is 18.0 Å². The number of anilines is 1. The smallest absolute Gasteiger partial charge is 0.318 e. The molecular formula is C12H7Cl3F3N3O. The molecule has 4 nitrogen and oxygen atoms in total. The third-order valence-corrected chi connectivity index (χ3v) is 3.66. The first-order valence-electron chi connectivity index (χ1n) is 5.68. The Bertz CT molecular complexity index is 723. The summed E-state index contributed by atoms with van der Waals surface area (Å²) in [5, 5.41) is 5.26. The van der Waals surface area contributed by atoms with Crippen LogP contribution in [0.4, 0.5) is 18.9 Å². The topological polar surface area (TPSA) is 46.9 Å². The standard InChI is InChI=1S/C12H7Cl3F3N3O/c1-21-10(12(16,17)18)7(15)9(20-21)11(22)19-8-5(13)3-2-4-6(8)14/h2-4H,1H3,(H,19,22). The maximum atomic E-state index is 12.8. The highest BCUT2D eigenvalue weighted by molar-refractivity contribution is 6.40. The average molecular weight is 373 g/mol. The molecule has 1 aromatic heterocycles. The Hall–Kier alpha value is -1.44. The van der Waals surface area contributed by atoms with Gasteiger partial charge in [-0.2, -0.15) is 18.3 Å². The number of hydrogen-bond acceptors (Lipinski definition) is 2. The van der Waals surface area contributed by atoms with E-state index < -0.39 is 28.5 Å². The minimum absolute atomic E-state index is 0.0612. The van der Waals surface area contributed by atoms with E-state index in [1.165, 1.54) is 12.1 Å². The van der Waals surface area contributed by atoms with Crippen LogP contribution in [0.25, 0.3) is 0 Å². The predicted octanol–water partition coefficient (Wildman–Crippen LogP) is 4.65. The molecule has 0 saturated heterocycles. The Morgan fingerprint density at radius 2 is 1.77 bits per heavy atom. The number of amides is 1. The molecule has 0 bridgehead atoms. The first-order chi connectivity index (χ1) is 10.1. The molecule has 118 valence electrons. The second-order valence-electron chi connectivity index (χ2n) is 4.18. The minimum Gasteiger partial charge on any atom is -0.318 e. The third kappa shape index (κ3) is 3.16. The van der Waals surface area contributed by atoms with Crippen LogP contribution in [0, 0.1) is 0 Å². The quantitative estimate of drug-likeness (QED) is 0.834. The van der Waals surface area contributed by atoms with Crippen molar-refractivity contribution in [2.24, 2.45) is 7.05 Å². The lowest BCUT2D eigenvalue weighted by Gasteiger charge is -2.08. The number of alkyl halides is 3. The van der Waals surface area contributed by atoms with E-state index in [9.17, 15) is 18.0 Å². The fraction of sp³-hybridized carbons (Fsp3) is 0.167. The highest BCUT2D eigenvalue weighted by Crippen LogP contribution is 2.37. The molecule has 0 spiro atoms. The second-order valence-corrected chi connectivity index (χ2v) is 5.38. The first kappa shape index (κ1) is 16.9. The molecule has 10 heteroatoms. The minimum atomic E-state index is -4.74. The van der Waals surface area contributed by atoms with Gasteiger partial charge in [0.1, 0.15) is 5.02 Å². The van der Waals surface area contributed by atoms with E-state index in [0.29, 0.717) is 4.68 Å². The van der Waals surface area contributed by atoms with Gasteiger partial charge in [-0.25, -0.2) is 0 Å². The zero-order valence-corrected chi connectivity index (χ0v) is 13.1. The zero-order chi connectivity index (χ0) is 16.7. The number of rotatable bonds is 2. The van der Waals surface area contributed by atoms with Gasteiger partial charge in [0.2, 0.25) is 0 Å². The van der Waals surface area contributed by atoms with E-state index >= 15 is 0 Å². The van der Waals surface area contributed by atoms with E-state index in [1.54, 1.807) is 6.07 Å². The van der Waals surface area contributed by atoms with Gasteiger partial charge in [-0.3, -0.25) is 9.48 Å². The number of nitrogens with one attached hydrogen (secondary N) is 1. The molecule has 0 aliphatic rings. The fourth-order valence-corrected chi connectivity index (χ4v) is 2.59. The molecule has 1 heterocycles. The van der Waals surface area contributed by atoms with Crippen molar-refractivity contribution in [3.05, 3.63) is 44.7 Å². The van der Waals surface area contributed by atoms with Gasteiger partial charge < -0.3 is 5.32 Å². The van der Waals surface area contributed by atoms with Crippen LogP contribution in [0.2, 0.25) is 15.1 Å². The second kappa shape index (κ2) is 5.98. The van der Waals surface area contributed by atoms with E-state index in [4.69, 9.17) is 34.8 Å². The van der Waals surface area contributed by atoms with Crippen molar-refractivity contribution in [1.82, 2.24) is 9.78 Å². The van der Waals surface area contributed by atoms with Gasteiger partial charge in [0, 0.05) is 7.05 Å². The molecule has 1 amide bonds. The highest BCUT2D eigenvalue weighted by atomic mass is 35.5. The van der Waals surface area contributed by atoms with Crippen LogP contribution in [-0.4, -0.2) is 15.7 Å². The lowest BCUT2D eigenvalue weighted by atomic mass is 10.3. The van der Waals surface area contributed by atoms with Crippen LogP contribution >= 0.6 is 34.8 Å². The Balaban J connectivity index is 2.40. The van der Waals surface area contributed by atoms with Gasteiger partial charge in [-0.1, -0.05) is 40.9 Å². The number of halogens is 6. The number of aryl methyl sites for hydroxylation is 1. The number of benzene rings is 1. The molecule has 22 heavy (non-hydrogen) atoms. The molecule has 2 aromatic rings. The molecule has 0 atom stereocenters. The van der Waals surface area contributed by atoms with E-state index in [2.05, 4.69) is 10.4 Å². The maximum absolute atomic E-state index is 12.8. The van der Waals surface area contributed by atoms with Gasteiger partial charge >= 0.3 is 6.18 Å². The van der Waals surface area contributed by atoms with Crippen molar-refractivity contribution in [2.45, 2.75) is 6.18 Å². The summed E-state index contributed by atoms with van der Waals surface area (Å²) in [6.07, 6.45) is -4.74. The Kier molecular flexibility index (Phi) is 4.60. The summed E-state index contributed by atoms with van der Waals surface area (Å²) in [7, 11) is 1.04. The Morgan fingerprint density at radius 3 is 2.23 bits per heavy atom. The first-order valence-corrected chi connectivity index (χ1v) is 6.81. The normalized spacial score (nSPS) is 11.6. The van der Waals surface area contributed by atoms with E-state index in [-0.39, 0.29) is 15.7 Å². The molecule has 0 aliphatic carbocycles. The van der Waals surface area contributed by atoms with Crippen molar-refractivity contribution in [1.29, 1.82) is 0 Å². The molecule has 1 aromatic carbocycles. The van der Waals surface area contributed by atoms with Crippen LogP contribution in [0.1, 0.15) is 16.2 Å². The number of aromatic nitrogens is 2. The predicted molar refractivity (Wildman–Crippen MR) is 77.6 cm³/mol. The molecule has 0 saturated carbocycles. The molecule has 0 fully saturated rings. The van der Waals surface area contributed by atoms with E-state index in [0.717, 1.165) is 7.05 Å². The summed E-state index contributed by atoms with van der Waals surface area (Å²) in [5.74, 6) is -0.953. The number of hydrogen-bond donors (Lipinski definition) is 1. The monoisotopic (exact) mass is 371 g/mol. The molecule has 0 unspecified atom stereocenters. The van der Waals surface area contributed by atoms with Crippen LogP contribution in [-0.2, 0) is 13.2 Å². The lowest BCUT2D eigenvalue weighted by molar-refractivity contribution is -0.143. The Morgan fingerprint density at radius 1 is 1.23 bits per heavy atom. The van der Waals surface area contributed by atoms with Crippen LogP contribution in [0.15, 0.2) is 18.2 Å².